The Hall–Kier alpha value is 0.230. The summed E-state index contributed by atoms with van der Waals surface area (Å²) >= 11 is -0.634. The summed E-state index contributed by atoms with van der Waals surface area (Å²) < 4.78 is 12.4. The molecule has 16 heavy (non-hydrogen) atoms. The molecule has 4 N–H and O–H groups in total. The predicted octanol–water partition coefficient (Wildman–Crippen LogP) is 1.27. The number of nitrogens with two attached hydrogens (primary N) is 2. The van der Waals surface area contributed by atoms with E-state index >= 15 is 0 Å². The lowest BCUT2D eigenvalue weighted by Gasteiger charge is -2.35. The van der Waals surface area contributed by atoms with Gasteiger partial charge in [-0.1, -0.05) is 0 Å². The smallest absolute Gasteiger partial charge is 0.116 e. The Morgan fingerprint density at radius 3 is 1.31 bits per heavy atom. The van der Waals surface area contributed by atoms with Crippen LogP contribution in [-0.2, 0) is 11.2 Å². The average molecular weight is 244 g/mol. The summed E-state index contributed by atoms with van der Waals surface area (Å²) in [4.78, 5) is 0. The van der Waals surface area contributed by atoms with E-state index in [1.165, 1.54) is 0 Å². The van der Waals surface area contributed by atoms with Gasteiger partial charge in [0.05, 0.1) is 0 Å². The molecule has 0 bridgehead atoms. The lowest BCUT2D eigenvalue weighted by atomic mass is 9.95. The van der Waals surface area contributed by atoms with Crippen molar-refractivity contribution in [3.8, 4) is 0 Å². The van der Waals surface area contributed by atoms with E-state index in [1.807, 2.05) is 0 Å². The Balaban J connectivity index is 1.80. The molecule has 0 spiro atoms. The summed E-state index contributed by atoms with van der Waals surface area (Å²) in [6.45, 7) is 0. The minimum atomic E-state index is -0.634. The monoisotopic (exact) mass is 244 g/mol. The van der Waals surface area contributed by atoms with Gasteiger partial charge in [0.15, 0.2) is 0 Å². The van der Waals surface area contributed by atoms with Crippen molar-refractivity contribution in [2.24, 2.45) is 11.5 Å². The molecule has 0 heterocycles. The van der Waals surface area contributed by atoms with Crippen molar-refractivity contribution in [2.45, 2.75) is 74.0 Å². The molecule has 2 aliphatic carbocycles. The minimum absolute atomic E-state index is 0.355. The van der Waals surface area contributed by atoms with E-state index < -0.39 is 11.2 Å². The number of hydrogen-bond acceptors (Lipinski definition) is 3. The maximum Gasteiger partial charge on any atom is 0.116 e. The Morgan fingerprint density at radius 2 is 1.00 bits per heavy atom. The molecule has 4 heteroatoms. The Kier molecular flexibility index (Phi) is 4.53. The predicted molar refractivity (Wildman–Crippen MR) is 68.6 cm³/mol. The Bertz CT molecular complexity index is 189. The molecule has 2 fully saturated rings. The SMILES string of the molecule is NC1CCC([S+]([O-])C2CCC(N)CC2)CC1. The van der Waals surface area contributed by atoms with E-state index in [9.17, 15) is 4.55 Å². The highest BCUT2D eigenvalue weighted by molar-refractivity contribution is 7.92. The molecule has 0 amide bonds. The second kappa shape index (κ2) is 5.71. The molecule has 0 unspecified atom stereocenters. The topological polar surface area (TPSA) is 75.1 Å². The first-order valence-corrected chi connectivity index (χ1v) is 7.85. The summed E-state index contributed by atoms with van der Waals surface area (Å²) in [6.07, 6.45) is 8.50. The van der Waals surface area contributed by atoms with Crippen LogP contribution in [0, 0.1) is 0 Å². The molecule has 0 aromatic carbocycles. The number of rotatable bonds is 2. The first-order chi connectivity index (χ1) is 7.66. The lowest BCUT2D eigenvalue weighted by Crippen LogP contribution is -2.41. The van der Waals surface area contributed by atoms with Gasteiger partial charge in [-0.2, -0.15) is 0 Å². The molecular weight excluding hydrogens is 220 g/mol. The summed E-state index contributed by atoms with van der Waals surface area (Å²) in [5.74, 6) is 0. The van der Waals surface area contributed by atoms with Gasteiger partial charge in [-0.05, 0) is 62.5 Å². The third-order valence-corrected chi connectivity index (χ3v) is 6.35. The molecule has 0 saturated heterocycles. The largest absolute Gasteiger partial charge is 0.616 e. The average Bonchev–Trinajstić information content (AvgIpc) is 2.30. The van der Waals surface area contributed by atoms with Crippen LogP contribution in [-0.4, -0.2) is 27.1 Å². The van der Waals surface area contributed by atoms with Crippen LogP contribution in [0.2, 0.25) is 0 Å². The van der Waals surface area contributed by atoms with Crippen molar-refractivity contribution in [1.29, 1.82) is 0 Å². The van der Waals surface area contributed by atoms with Gasteiger partial charge in [0.1, 0.15) is 10.5 Å². The molecule has 3 nitrogen and oxygen atoms in total. The fraction of sp³-hybridized carbons (Fsp3) is 1.00. The van der Waals surface area contributed by atoms with Crippen molar-refractivity contribution in [3.05, 3.63) is 0 Å². The van der Waals surface area contributed by atoms with Crippen LogP contribution in [0.25, 0.3) is 0 Å². The fourth-order valence-corrected chi connectivity index (χ4v) is 4.93. The van der Waals surface area contributed by atoms with Crippen molar-refractivity contribution in [1.82, 2.24) is 0 Å². The van der Waals surface area contributed by atoms with Gasteiger partial charge in [-0.15, -0.1) is 0 Å². The van der Waals surface area contributed by atoms with Crippen LogP contribution in [0.5, 0.6) is 0 Å². The standard InChI is InChI=1S/C12H24N2OS/c13-9-1-5-11(6-2-9)16(15)12-7-3-10(14)4-8-12/h9-12H,1-8,13-14H2. The normalized spacial score (nSPS) is 42.9. The minimum Gasteiger partial charge on any atom is -0.616 e. The molecule has 2 rings (SSSR count). The highest BCUT2D eigenvalue weighted by Gasteiger charge is 2.35. The van der Waals surface area contributed by atoms with E-state index in [4.69, 9.17) is 11.5 Å². The van der Waals surface area contributed by atoms with Gasteiger partial charge < -0.3 is 16.0 Å². The molecule has 0 aliphatic heterocycles. The Labute approximate surface area is 102 Å². The molecule has 94 valence electrons. The van der Waals surface area contributed by atoms with Gasteiger partial charge in [0, 0.05) is 12.1 Å². The maximum absolute atomic E-state index is 12.4. The lowest BCUT2D eigenvalue weighted by molar-refractivity contribution is 0.406. The first-order valence-electron chi connectivity index (χ1n) is 6.57. The maximum atomic E-state index is 12.4. The quantitative estimate of drug-likeness (QED) is 0.718. The van der Waals surface area contributed by atoms with E-state index in [1.54, 1.807) is 0 Å². The van der Waals surface area contributed by atoms with Crippen molar-refractivity contribution < 1.29 is 4.55 Å². The molecule has 0 aromatic rings. The van der Waals surface area contributed by atoms with Gasteiger partial charge in [0.25, 0.3) is 0 Å². The Morgan fingerprint density at radius 1 is 0.688 bits per heavy atom. The zero-order chi connectivity index (χ0) is 11.5. The van der Waals surface area contributed by atoms with Crippen molar-refractivity contribution in [3.63, 3.8) is 0 Å². The van der Waals surface area contributed by atoms with Crippen LogP contribution < -0.4 is 11.5 Å². The summed E-state index contributed by atoms with van der Waals surface area (Å²) in [6, 6.07) is 0.709. The second-order valence-electron chi connectivity index (χ2n) is 5.40. The van der Waals surface area contributed by atoms with E-state index in [2.05, 4.69) is 0 Å². The van der Waals surface area contributed by atoms with Crippen LogP contribution in [0.3, 0.4) is 0 Å². The van der Waals surface area contributed by atoms with Gasteiger partial charge in [0.2, 0.25) is 0 Å². The molecule has 0 aromatic heterocycles. The van der Waals surface area contributed by atoms with Gasteiger partial charge in [-0.25, -0.2) is 0 Å². The van der Waals surface area contributed by atoms with E-state index in [-0.39, 0.29) is 0 Å². The third kappa shape index (κ3) is 3.13. The van der Waals surface area contributed by atoms with E-state index in [0.717, 1.165) is 51.4 Å². The van der Waals surface area contributed by atoms with Crippen LogP contribution >= 0.6 is 0 Å². The number of hydrogen-bond donors (Lipinski definition) is 2. The highest BCUT2D eigenvalue weighted by Crippen LogP contribution is 2.31. The molecule has 0 radical (unpaired) electrons. The summed E-state index contributed by atoms with van der Waals surface area (Å²) in [5.41, 5.74) is 11.8. The highest BCUT2D eigenvalue weighted by atomic mass is 32.2. The fourth-order valence-electron chi connectivity index (χ4n) is 2.91. The van der Waals surface area contributed by atoms with Gasteiger partial charge in [-0.3, -0.25) is 0 Å². The van der Waals surface area contributed by atoms with Gasteiger partial charge >= 0.3 is 0 Å². The molecular formula is C12H24N2OS. The van der Waals surface area contributed by atoms with Crippen LogP contribution in [0.1, 0.15) is 51.4 Å². The zero-order valence-electron chi connectivity index (χ0n) is 9.94. The van der Waals surface area contributed by atoms with Crippen molar-refractivity contribution in [2.75, 3.05) is 0 Å². The molecule has 2 aliphatic rings. The summed E-state index contributed by atoms with van der Waals surface area (Å²) in [5, 5.41) is 0.832. The first kappa shape index (κ1) is 12.7. The second-order valence-corrected chi connectivity index (χ2v) is 7.39. The third-order valence-electron chi connectivity index (χ3n) is 4.09. The molecule has 0 atom stereocenters. The van der Waals surface area contributed by atoms with Crippen molar-refractivity contribution >= 4 is 11.2 Å². The van der Waals surface area contributed by atoms with Crippen LogP contribution in [0.15, 0.2) is 0 Å². The van der Waals surface area contributed by atoms with Crippen LogP contribution in [0.4, 0.5) is 0 Å². The zero-order valence-corrected chi connectivity index (χ0v) is 10.8. The summed E-state index contributed by atoms with van der Waals surface area (Å²) in [7, 11) is 0. The molecule has 2 saturated carbocycles. The van der Waals surface area contributed by atoms with E-state index in [0.29, 0.717) is 22.6 Å².